The Morgan fingerprint density at radius 1 is 1.25 bits per heavy atom. The van der Waals surface area contributed by atoms with Crippen molar-refractivity contribution in [3.8, 4) is 5.75 Å². The first kappa shape index (κ1) is 14.5. The zero-order valence-corrected chi connectivity index (χ0v) is 11.9. The largest absolute Gasteiger partial charge is 0.488 e. The summed E-state index contributed by atoms with van der Waals surface area (Å²) in [6, 6.07) is 8.38. The normalized spacial score (nSPS) is 10.3. The van der Waals surface area contributed by atoms with Gasteiger partial charge in [0.2, 0.25) is 0 Å². The van der Waals surface area contributed by atoms with Crippen molar-refractivity contribution in [3.05, 3.63) is 63.6 Å². The number of nitrogen functional groups attached to an aromatic ring is 1. The minimum atomic E-state index is -0.617. The number of hydrogen-bond donors (Lipinski definition) is 2. The molecular formula is C14H11BrF2N2O. The summed E-state index contributed by atoms with van der Waals surface area (Å²) in [5, 5.41) is 7.37. The Bertz CT molecular complexity index is 662. The van der Waals surface area contributed by atoms with Gasteiger partial charge in [-0.15, -0.1) is 0 Å². The molecule has 20 heavy (non-hydrogen) atoms. The second kappa shape index (κ2) is 6.00. The fourth-order valence-corrected chi connectivity index (χ4v) is 2.15. The Balaban J connectivity index is 2.23. The standard InChI is InChI=1S/C14H11BrF2N2O/c15-10-6-9(16)5-4-8(10)7-20-12-3-1-2-11(17)13(12)14(18)19/h1-6H,7H2,(H3,18,19). The topological polar surface area (TPSA) is 59.1 Å². The number of amidine groups is 1. The van der Waals surface area contributed by atoms with E-state index in [9.17, 15) is 8.78 Å². The molecule has 0 amide bonds. The molecule has 0 fully saturated rings. The van der Waals surface area contributed by atoms with Crippen LogP contribution < -0.4 is 10.5 Å². The van der Waals surface area contributed by atoms with Gasteiger partial charge in [0.15, 0.2) is 0 Å². The first-order valence-corrected chi connectivity index (χ1v) is 6.48. The Labute approximate surface area is 123 Å². The summed E-state index contributed by atoms with van der Waals surface area (Å²) in [5.41, 5.74) is 5.96. The quantitative estimate of drug-likeness (QED) is 0.660. The lowest BCUT2D eigenvalue weighted by Gasteiger charge is -2.12. The molecule has 0 aromatic heterocycles. The van der Waals surface area contributed by atoms with Gasteiger partial charge < -0.3 is 10.5 Å². The number of rotatable bonds is 4. The van der Waals surface area contributed by atoms with Crippen LogP contribution in [0.3, 0.4) is 0 Å². The highest BCUT2D eigenvalue weighted by molar-refractivity contribution is 9.10. The van der Waals surface area contributed by atoms with Gasteiger partial charge in [0.25, 0.3) is 0 Å². The van der Waals surface area contributed by atoms with Crippen LogP contribution in [0.25, 0.3) is 0 Å². The summed E-state index contributed by atoms with van der Waals surface area (Å²) >= 11 is 3.22. The first-order chi connectivity index (χ1) is 9.49. The van der Waals surface area contributed by atoms with Crippen LogP contribution in [0.15, 0.2) is 40.9 Å². The summed E-state index contributed by atoms with van der Waals surface area (Å²) in [7, 11) is 0. The maximum Gasteiger partial charge on any atom is 0.137 e. The molecule has 0 spiro atoms. The van der Waals surface area contributed by atoms with Crippen molar-refractivity contribution in [1.82, 2.24) is 0 Å². The molecule has 0 unspecified atom stereocenters. The lowest BCUT2D eigenvalue weighted by Crippen LogP contribution is -2.15. The third-order valence-corrected chi connectivity index (χ3v) is 3.38. The summed E-state index contributed by atoms with van der Waals surface area (Å²) in [6.07, 6.45) is 0. The number of hydrogen-bond acceptors (Lipinski definition) is 2. The molecule has 3 nitrogen and oxygen atoms in total. The van der Waals surface area contributed by atoms with Crippen molar-refractivity contribution in [2.75, 3.05) is 0 Å². The molecule has 0 radical (unpaired) electrons. The van der Waals surface area contributed by atoms with Crippen LogP contribution in [-0.2, 0) is 6.61 Å². The molecule has 0 saturated heterocycles. The number of benzene rings is 2. The second-order valence-corrected chi connectivity index (χ2v) is 4.91. The maximum absolute atomic E-state index is 13.6. The van der Waals surface area contributed by atoms with Crippen molar-refractivity contribution in [1.29, 1.82) is 5.41 Å². The highest BCUT2D eigenvalue weighted by atomic mass is 79.9. The number of nitrogens with one attached hydrogen (secondary N) is 1. The van der Waals surface area contributed by atoms with Crippen LogP contribution >= 0.6 is 15.9 Å². The maximum atomic E-state index is 13.6. The van der Waals surface area contributed by atoms with E-state index in [2.05, 4.69) is 15.9 Å². The SMILES string of the molecule is N=C(N)c1c(F)cccc1OCc1ccc(F)cc1Br. The van der Waals surface area contributed by atoms with Gasteiger partial charge in [-0.05, 0) is 24.3 Å². The number of halogens is 3. The Kier molecular flexibility index (Phi) is 4.34. The monoisotopic (exact) mass is 340 g/mol. The molecule has 0 atom stereocenters. The molecule has 0 heterocycles. The third kappa shape index (κ3) is 3.14. The van der Waals surface area contributed by atoms with E-state index >= 15 is 0 Å². The van der Waals surface area contributed by atoms with Gasteiger partial charge in [-0.2, -0.15) is 0 Å². The molecule has 104 valence electrons. The third-order valence-electron chi connectivity index (χ3n) is 2.64. The highest BCUT2D eigenvalue weighted by Crippen LogP contribution is 2.24. The van der Waals surface area contributed by atoms with Crippen LogP contribution in [0.5, 0.6) is 5.75 Å². The van der Waals surface area contributed by atoms with E-state index in [1.807, 2.05) is 0 Å². The van der Waals surface area contributed by atoms with E-state index in [4.69, 9.17) is 15.9 Å². The van der Waals surface area contributed by atoms with Crippen molar-refractivity contribution < 1.29 is 13.5 Å². The van der Waals surface area contributed by atoms with Gasteiger partial charge in [-0.1, -0.05) is 28.1 Å². The van der Waals surface area contributed by atoms with E-state index in [0.29, 0.717) is 10.0 Å². The van der Waals surface area contributed by atoms with Crippen molar-refractivity contribution >= 4 is 21.8 Å². The molecule has 0 aliphatic carbocycles. The zero-order chi connectivity index (χ0) is 14.7. The fourth-order valence-electron chi connectivity index (χ4n) is 1.68. The highest BCUT2D eigenvalue weighted by Gasteiger charge is 2.13. The molecule has 6 heteroatoms. The van der Waals surface area contributed by atoms with Crippen molar-refractivity contribution in [3.63, 3.8) is 0 Å². The predicted molar refractivity (Wildman–Crippen MR) is 75.8 cm³/mol. The van der Waals surface area contributed by atoms with Crippen LogP contribution in [-0.4, -0.2) is 5.84 Å². The smallest absolute Gasteiger partial charge is 0.137 e. The zero-order valence-electron chi connectivity index (χ0n) is 10.3. The molecule has 2 aromatic carbocycles. The average Bonchev–Trinajstić information content (AvgIpc) is 2.37. The lowest BCUT2D eigenvalue weighted by atomic mass is 10.1. The van der Waals surface area contributed by atoms with Crippen molar-refractivity contribution in [2.45, 2.75) is 6.61 Å². The Morgan fingerprint density at radius 2 is 2.00 bits per heavy atom. The summed E-state index contributed by atoms with van der Waals surface area (Å²) in [6.45, 7) is 0.102. The molecule has 3 N–H and O–H groups in total. The molecule has 0 aliphatic heterocycles. The molecule has 0 bridgehead atoms. The molecule has 2 rings (SSSR count). The minimum absolute atomic E-state index is 0.0780. The van der Waals surface area contributed by atoms with E-state index in [1.54, 1.807) is 6.07 Å². The van der Waals surface area contributed by atoms with E-state index < -0.39 is 11.7 Å². The van der Waals surface area contributed by atoms with Crippen LogP contribution in [0, 0.1) is 17.0 Å². The van der Waals surface area contributed by atoms with Gasteiger partial charge in [0.1, 0.15) is 29.8 Å². The summed E-state index contributed by atoms with van der Waals surface area (Å²) in [5.74, 6) is -1.21. The van der Waals surface area contributed by atoms with Gasteiger partial charge in [0.05, 0.1) is 5.56 Å². The number of ether oxygens (including phenoxy) is 1. The predicted octanol–water partition coefficient (Wildman–Crippen LogP) is 3.59. The van der Waals surface area contributed by atoms with Crippen molar-refractivity contribution in [2.24, 2.45) is 5.73 Å². The molecule has 0 aliphatic rings. The lowest BCUT2D eigenvalue weighted by molar-refractivity contribution is 0.303. The van der Waals surface area contributed by atoms with Gasteiger partial charge in [-0.25, -0.2) is 8.78 Å². The Hall–Kier alpha value is -1.95. The molecule has 2 aromatic rings. The summed E-state index contributed by atoms with van der Waals surface area (Å²) < 4.78 is 32.6. The Morgan fingerprint density at radius 3 is 2.65 bits per heavy atom. The van der Waals surface area contributed by atoms with Crippen LogP contribution in [0.4, 0.5) is 8.78 Å². The fraction of sp³-hybridized carbons (Fsp3) is 0.0714. The van der Waals surface area contributed by atoms with Crippen LogP contribution in [0.1, 0.15) is 11.1 Å². The molecular weight excluding hydrogens is 330 g/mol. The molecule has 0 saturated carbocycles. The van der Waals surface area contributed by atoms with Gasteiger partial charge in [0, 0.05) is 10.0 Å². The first-order valence-electron chi connectivity index (χ1n) is 5.68. The van der Waals surface area contributed by atoms with E-state index in [1.165, 1.54) is 30.3 Å². The van der Waals surface area contributed by atoms with E-state index in [-0.39, 0.29) is 23.7 Å². The van der Waals surface area contributed by atoms with Gasteiger partial charge >= 0.3 is 0 Å². The number of nitrogens with two attached hydrogens (primary N) is 1. The average molecular weight is 341 g/mol. The second-order valence-electron chi connectivity index (χ2n) is 4.05. The van der Waals surface area contributed by atoms with Gasteiger partial charge in [-0.3, -0.25) is 5.41 Å². The van der Waals surface area contributed by atoms with Crippen LogP contribution in [0.2, 0.25) is 0 Å². The minimum Gasteiger partial charge on any atom is -0.488 e. The summed E-state index contributed by atoms with van der Waals surface area (Å²) in [4.78, 5) is 0. The van der Waals surface area contributed by atoms with E-state index in [0.717, 1.165) is 0 Å².